The molecular formula is C36H42F3N7O6S. The molecule has 4 aromatic rings. The minimum atomic E-state index is -4.82. The molecule has 2 aromatic heterocycles. The maximum atomic E-state index is 13.2. The number of nitrogens with one attached hydrogen (secondary N) is 2. The fraction of sp³-hybridized carbons (Fsp3) is 0.417. The minimum Gasteiger partial charge on any atom is -0.447 e. The Balaban J connectivity index is 0.00000308. The monoisotopic (exact) mass is 757 g/mol. The summed E-state index contributed by atoms with van der Waals surface area (Å²) in [5.74, 6) is -1.66. The first kappa shape index (κ1) is 40.8. The molecule has 0 bridgehead atoms. The molecule has 0 radical (unpaired) electrons. The van der Waals surface area contributed by atoms with Crippen LogP contribution in [0.1, 0.15) is 61.0 Å². The average molecular weight is 758 g/mol. The molecule has 1 unspecified atom stereocenters. The highest BCUT2D eigenvalue weighted by molar-refractivity contribution is 7.15. The number of carbonyl (C=O) groups excluding carboxylic acids is 3. The molecule has 1 atom stereocenters. The number of aryl methyl sites for hydroxylation is 2. The quantitative estimate of drug-likeness (QED) is 0.103. The van der Waals surface area contributed by atoms with Gasteiger partial charge < -0.3 is 19.5 Å². The molecule has 1 aliphatic rings. The number of aromatic nitrogens is 4. The maximum absolute atomic E-state index is 13.2. The van der Waals surface area contributed by atoms with Crippen LogP contribution in [-0.2, 0) is 43.1 Å². The highest BCUT2D eigenvalue weighted by Gasteiger charge is 2.31. The first-order chi connectivity index (χ1) is 25.6. The van der Waals surface area contributed by atoms with Crippen LogP contribution in [0.4, 0.5) is 24.1 Å². The van der Waals surface area contributed by atoms with Crippen molar-refractivity contribution in [3.05, 3.63) is 88.6 Å². The molecule has 1 fully saturated rings. The SMILES string of the molecule is CC.O=C(Cc1cccc(OC(F)(F)F)c1)Nc1ccc(CCCCc2nnc(NC(=O)C(OC(=O)CCN3CCOCC3)c3ccccc3)s2)nn1. The molecule has 1 aliphatic heterocycles. The largest absolute Gasteiger partial charge is 0.573 e. The number of carbonyl (C=O) groups is 3. The number of nitrogens with zero attached hydrogens (tertiary/aromatic N) is 5. The number of benzene rings is 2. The van der Waals surface area contributed by atoms with E-state index in [-0.39, 0.29) is 18.7 Å². The minimum absolute atomic E-state index is 0.150. The lowest BCUT2D eigenvalue weighted by Crippen LogP contribution is -2.38. The molecule has 2 aromatic carbocycles. The van der Waals surface area contributed by atoms with Crippen molar-refractivity contribution in [1.29, 1.82) is 0 Å². The number of morpholine rings is 1. The van der Waals surface area contributed by atoms with E-state index in [0.717, 1.165) is 43.1 Å². The number of alkyl halides is 3. The van der Waals surface area contributed by atoms with Gasteiger partial charge in [0.2, 0.25) is 17.1 Å². The number of hydrogen-bond acceptors (Lipinski definition) is 12. The van der Waals surface area contributed by atoms with Crippen molar-refractivity contribution in [3.8, 4) is 5.75 Å². The van der Waals surface area contributed by atoms with Crippen molar-refractivity contribution < 1.29 is 41.8 Å². The second kappa shape index (κ2) is 20.9. The highest BCUT2D eigenvalue weighted by atomic mass is 32.1. The van der Waals surface area contributed by atoms with Gasteiger partial charge in [0.1, 0.15) is 10.8 Å². The predicted molar refractivity (Wildman–Crippen MR) is 191 cm³/mol. The van der Waals surface area contributed by atoms with Gasteiger partial charge in [0.15, 0.2) is 5.82 Å². The van der Waals surface area contributed by atoms with E-state index in [9.17, 15) is 27.6 Å². The van der Waals surface area contributed by atoms with Gasteiger partial charge in [-0.15, -0.1) is 28.5 Å². The summed E-state index contributed by atoms with van der Waals surface area (Å²) in [7, 11) is 0. The lowest BCUT2D eigenvalue weighted by Gasteiger charge is -2.26. The van der Waals surface area contributed by atoms with E-state index in [0.29, 0.717) is 54.6 Å². The van der Waals surface area contributed by atoms with Crippen molar-refractivity contribution in [2.24, 2.45) is 0 Å². The Labute approximate surface area is 309 Å². The van der Waals surface area contributed by atoms with E-state index in [4.69, 9.17) is 9.47 Å². The van der Waals surface area contributed by atoms with Crippen LogP contribution in [0.3, 0.4) is 0 Å². The fourth-order valence-corrected chi connectivity index (χ4v) is 5.89. The Hall–Kier alpha value is -5.00. The molecule has 284 valence electrons. The summed E-state index contributed by atoms with van der Waals surface area (Å²) in [4.78, 5) is 40.5. The van der Waals surface area contributed by atoms with Crippen LogP contribution in [0.5, 0.6) is 5.75 Å². The smallest absolute Gasteiger partial charge is 0.447 e. The summed E-state index contributed by atoms with van der Waals surface area (Å²) in [6.07, 6.45) is -3.24. The van der Waals surface area contributed by atoms with E-state index < -0.39 is 36.0 Å². The van der Waals surface area contributed by atoms with E-state index >= 15 is 0 Å². The van der Waals surface area contributed by atoms with Crippen LogP contribution in [0.15, 0.2) is 66.7 Å². The number of ether oxygens (including phenoxy) is 3. The number of anilines is 2. The van der Waals surface area contributed by atoms with Crippen LogP contribution in [0, 0.1) is 0 Å². The second-order valence-electron chi connectivity index (χ2n) is 11.5. The van der Waals surface area contributed by atoms with E-state index in [2.05, 4.69) is 40.7 Å². The van der Waals surface area contributed by atoms with E-state index in [1.165, 1.54) is 23.5 Å². The van der Waals surface area contributed by atoms with Gasteiger partial charge >= 0.3 is 12.3 Å². The lowest BCUT2D eigenvalue weighted by molar-refractivity contribution is -0.274. The summed E-state index contributed by atoms with van der Waals surface area (Å²) < 4.78 is 52.3. The molecule has 0 aliphatic carbocycles. The molecule has 17 heteroatoms. The zero-order chi connectivity index (χ0) is 38.1. The molecule has 0 spiro atoms. The van der Waals surface area contributed by atoms with E-state index in [1.807, 2.05) is 19.9 Å². The van der Waals surface area contributed by atoms with Gasteiger partial charge in [-0.3, -0.25) is 24.6 Å². The van der Waals surface area contributed by atoms with Gasteiger partial charge in [0, 0.05) is 31.6 Å². The Kier molecular flexibility index (Phi) is 16.1. The highest BCUT2D eigenvalue weighted by Crippen LogP contribution is 2.25. The first-order valence-corrected chi connectivity index (χ1v) is 18.1. The molecule has 13 nitrogen and oxygen atoms in total. The summed E-state index contributed by atoms with van der Waals surface area (Å²) in [6, 6.07) is 17.3. The van der Waals surface area contributed by atoms with Gasteiger partial charge in [-0.1, -0.05) is 67.6 Å². The van der Waals surface area contributed by atoms with Gasteiger partial charge in [-0.25, -0.2) is 0 Å². The number of halogens is 3. The van der Waals surface area contributed by atoms with Crippen molar-refractivity contribution in [3.63, 3.8) is 0 Å². The molecule has 2 amide bonds. The van der Waals surface area contributed by atoms with Gasteiger partial charge in [0.25, 0.3) is 5.91 Å². The van der Waals surface area contributed by atoms with Gasteiger partial charge in [0.05, 0.1) is 31.7 Å². The average Bonchev–Trinajstić information content (AvgIpc) is 3.60. The third-order valence-electron chi connectivity index (χ3n) is 7.58. The van der Waals surface area contributed by atoms with Crippen LogP contribution in [0.25, 0.3) is 0 Å². The standard InChI is InChI=1S/C34H36F3N7O6S.C2H6/c35-34(36,37)50-26-11-6-7-23(21-26)22-28(45)38-27-14-13-25(40-41-27)10-4-5-12-29-42-43-33(51-29)39-32(47)31(24-8-2-1-3-9-24)49-30(46)15-16-44-17-19-48-20-18-44;1-2/h1-3,6-9,11,13-14,21,31H,4-5,10,12,15-20,22H2,(H,38,41,45)(H,39,43,47);1-2H3. The van der Waals surface area contributed by atoms with Crippen molar-refractivity contribution in [1.82, 2.24) is 25.3 Å². The van der Waals surface area contributed by atoms with Crippen LogP contribution >= 0.6 is 11.3 Å². The number of amides is 2. The molecule has 0 saturated carbocycles. The third-order valence-corrected chi connectivity index (χ3v) is 8.48. The number of esters is 1. The van der Waals surface area contributed by atoms with E-state index in [1.54, 1.807) is 36.4 Å². The molecule has 5 rings (SSSR count). The zero-order valence-corrected chi connectivity index (χ0v) is 30.3. The Bertz CT molecular complexity index is 1740. The first-order valence-electron chi connectivity index (χ1n) is 17.2. The number of hydrogen-bond donors (Lipinski definition) is 2. The Morgan fingerprint density at radius 1 is 0.906 bits per heavy atom. The van der Waals surface area contributed by atoms with Crippen molar-refractivity contribution in [2.45, 2.75) is 64.8 Å². The molecule has 2 N–H and O–H groups in total. The van der Waals surface area contributed by atoms with Crippen LogP contribution in [-0.4, -0.2) is 82.3 Å². The Morgan fingerprint density at radius 2 is 1.66 bits per heavy atom. The summed E-state index contributed by atoms with van der Waals surface area (Å²) in [6.45, 7) is 7.26. The topological polar surface area (TPSA) is 158 Å². The van der Waals surface area contributed by atoms with Crippen molar-refractivity contribution in [2.75, 3.05) is 43.5 Å². The second-order valence-corrected chi connectivity index (χ2v) is 12.6. The summed E-state index contributed by atoms with van der Waals surface area (Å²) >= 11 is 1.24. The zero-order valence-electron chi connectivity index (χ0n) is 29.4. The number of rotatable bonds is 16. The van der Waals surface area contributed by atoms with Gasteiger partial charge in [-0.05, 0) is 49.1 Å². The van der Waals surface area contributed by atoms with Crippen LogP contribution < -0.4 is 15.4 Å². The Morgan fingerprint density at radius 3 is 2.38 bits per heavy atom. The summed E-state index contributed by atoms with van der Waals surface area (Å²) in [5.41, 5.74) is 1.60. The van der Waals surface area contributed by atoms with Crippen LogP contribution in [0.2, 0.25) is 0 Å². The molecule has 1 saturated heterocycles. The molecule has 3 heterocycles. The predicted octanol–water partition coefficient (Wildman–Crippen LogP) is 5.94. The normalized spacial score (nSPS) is 13.6. The molecular weight excluding hydrogens is 715 g/mol. The summed E-state index contributed by atoms with van der Waals surface area (Å²) in [5, 5.41) is 22.8. The molecule has 53 heavy (non-hydrogen) atoms. The van der Waals surface area contributed by atoms with Gasteiger partial charge in [-0.2, -0.15) is 5.10 Å². The van der Waals surface area contributed by atoms with Crippen molar-refractivity contribution >= 4 is 40.1 Å². The fourth-order valence-electron chi connectivity index (χ4n) is 5.11. The lowest BCUT2D eigenvalue weighted by atomic mass is 10.1. The maximum Gasteiger partial charge on any atom is 0.573 e. The third kappa shape index (κ3) is 14.5. The number of unbranched alkanes of at least 4 members (excludes halogenated alkanes) is 1.